The number of imidazole rings is 1. The van der Waals surface area contributed by atoms with E-state index < -0.39 is 8.32 Å². The number of hydrogen-bond acceptors (Lipinski definition) is 6. The fourth-order valence-corrected chi connectivity index (χ4v) is 11.7. The summed E-state index contributed by atoms with van der Waals surface area (Å²) in [6.45, 7) is 16.6. The Labute approximate surface area is 210 Å². The van der Waals surface area contributed by atoms with E-state index in [1.807, 2.05) is 12.1 Å². The Bertz CT molecular complexity index is 1060. The second kappa shape index (κ2) is 9.75. The minimum absolute atomic E-state index is 0.0776. The summed E-state index contributed by atoms with van der Waals surface area (Å²) in [4.78, 5) is 18.8. The van der Waals surface area contributed by atoms with Crippen LogP contribution in [-0.2, 0) is 20.5 Å². The summed E-state index contributed by atoms with van der Waals surface area (Å²) in [7, 11) is -0.309. The average molecular weight is 503 g/mol. The maximum atomic E-state index is 12.4. The molecule has 194 valence electrons. The van der Waals surface area contributed by atoms with Crippen LogP contribution in [0.1, 0.15) is 54.4 Å². The van der Waals surface area contributed by atoms with Crippen molar-refractivity contribution < 1.29 is 18.7 Å². The molecule has 2 heterocycles. The molecule has 0 unspecified atom stereocenters. The van der Waals surface area contributed by atoms with Crippen LogP contribution >= 0.6 is 0 Å². The van der Waals surface area contributed by atoms with Crippen molar-refractivity contribution in [2.75, 3.05) is 44.1 Å². The van der Waals surface area contributed by atoms with Gasteiger partial charge >= 0.3 is 0 Å². The predicted molar refractivity (Wildman–Crippen MR) is 143 cm³/mol. The highest BCUT2D eigenvalue weighted by molar-refractivity contribution is 6.77. The summed E-state index contributed by atoms with van der Waals surface area (Å²) in [6.07, 6.45) is 2.25. The first-order valence-corrected chi connectivity index (χ1v) is 15.0. The van der Waals surface area contributed by atoms with E-state index in [0.29, 0.717) is 47.2 Å². The number of nitrogen functional groups attached to an aromatic ring is 1. The zero-order chi connectivity index (χ0) is 25.5. The molecule has 9 heteroatoms. The SMILES string of the molecule is COc1cc2c(cc1N1CCOCC1=O)nc(N)n2CC1(CO[Si](C(C)C)(C(C)C)C(C)C)CC1. The predicted octanol–water partition coefficient (Wildman–Crippen LogP) is 4.96. The molecule has 0 bridgehead atoms. The molecule has 1 saturated heterocycles. The van der Waals surface area contributed by atoms with Gasteiger partial charge in [-0.25, -0.2) is 4.98 Å². The molecule has 1 aliphatic heterocycles. The number of anilines is 2. The Morgan fingerprint density at radius 2 is 1.80 bits per heavy atom. The molecule has 0 spiro atoms. The number of hydrogen-bond donors (Lipinski definition) is 1. The second-order valence-electron chi connectivity index (χ2n) is 11.3. The average Bonchev–Trinajstić information content (AvgIpc) is 3.50. The fourth-order valence-electron chi connectivity index (χ4n) is 6.11. The minimum Gasteiger partial charge on any atom is -0.494 e. The molecule has 0 atom stereocenters. The largest absolute Gasteiger partial charge is 0.494 e. The number of morpholine rings is 1. The maximum Gasteiger partial charge on any atom is 0.253 e. The molecule has 1 saturated carbocycles. The molecule has 1 aromatic carbocycles. The first-order valence-electron chi connectivity index (χ1n) is 12.9. The van der Waals surface area contributed by atoms with Crippen LogP contribution in [0.4, 0.5) is 11.6 Å². The van der Waals surface area contributed by atoms with Gasteiger partial charge in [-0.1, -0.05) is 41.5 Å². The lowest BCUT2D eigenvalue weighted by atomic mass is 10.1. The molecule has 1 amide bonds. The summed E-state index contributed by atoms with van der Waals surface area (Å²) >= 11 is 0. The number of ether oxygens (including phenoxy) is 2. The molecule has 2 N–H and O–H groups in total. The van der Waals surface area contributed by atoms with Crippen LogP contribution in [0.3, 0.4) is 0 Å². The van der Waals surface area contributed by atoms with Crippen molar-refractivity contribution in [2.24, 2.45) is 5.41 Å². The van der Waals surface area contributed by atoms with Gasteiger partial charge in [-0.3, -0.25) is 4.79 Å². The number of nitrogens with zero attached hydrogens (tertiary/aromatic N) is 3. The van der Waals surface area contributed by atoms with Crippen LogP contribution in [0.2, 0.25) is 16.6 Å². The van der Waals surface area contributed by atoms with E-state index in [-0.39, 0.29) is 17.9 Å². The number of carbonyl (C=O) groups is 1. The molecule has 8 nitrogen and oxygen atoms in total. The van der Waals surface area contributed by atoms with Crippen molar-refractivity contribution in [3.63, 3.8) is 0 Å². The number of benzene rings is 1. The quantitative estimate of drug-likeness (QED) is 0.462. The lowest BCUT2D eigenvalue weighted by molar-refractivity contribution is -0.125. The molecule has 0 radical (unpaired) electrons. The van der Waals surface area contributed by atoms with E-state index in [1.165, 1.54) is 0 Å². The van der Waals surface area contributed by atoms with E-state index in [4.69, 9.17) is 19.6 Å². The topological polar surface area (TPSA) is 91.8 Å². The van der Waals surface area contributed by atoms with E-state index in [9.17, 15) is 4.79 Å². The zero-order valence-corrected chi connectivity index (χ0v) is 23.4. The van der Waals surface area contributed by atoms with E-state index in [2.05, 4.69) is 51.1 Å². The third-order valence-corrected chi connectivity index (χ3v) is 14.2. The summed E-state index contributed by atoms with van der Waals surface area (Å²) < 4.78 is 20.1. The number of amides is 1. The van der Waals surface area contributed by atoms with Gasteiger partial charge in [0, 0.05) is 31.2 Å². The van der Waals surface area contributed by atoms with Gasteiger partial charge < -0.3 is 29.1 Å². The minimum atomic E-state index is -1.94. The van der Waals surface area contributed by atoms with E-state index >= 15 is 0 Å². The van der Waals surface area contributed by atoms with Crippen molar-refractivity contribution in [3.8, 4) is 5.75 Å². The van der Waals surface area contributed by atoms with Crippen LogP contribution < -0.4 is 15.4 Å². The highest BCUT2D eigenvalue weighted by atomic mass is 28.4. The Balaban J connectivity index is 1.62. The van der Waals surface area contributed by atoms with E-state index in [0.717, 1.165) is 37.0 Å². The fraction of sp³-hybridized carbons (Fsp3) is 0.692. The number of aromatic nitrogens is 2. The number of carbonyl (C=O) groups excluding carboxylic acids is 1. The number of methoxy groups -OCH3 is 1. The second-order valence-corrected chi connectivity index (χ2v) is 16.7. The van der Waals surface area contributed by atoms with Gasteiger partial charge in [-0.15, -0.1) is 0 Å². The molecule has 2 aromatic rings. The molecule has 4 rings (SSSR count). The van der Waals surface area contributed by atoms with Crippen molar-refractivity contribution >= 4 is 36.9 Å². The Kier molecular flexibility index (Phi) is 7.23. The standard InChI is InChI=1S/C26H42N4O4Si/c1-17(2)35(18(3)4,19(5)6)34-16-26(8-9-26)15-30-21-13-23(32-7)22(12-20(21)28-25(30)27)29-10-11-33-14-24(29)31/h12-13,17-19H,8-11,14-16H2,1-7H3,(H2,27,28). The third-order valence-electron chi connectivity index (χ3n) is 8.14. The highest BCUT2D eigenvalue weighted by Crippen LogP contribution is 2.51. The van der Waals surface area contributed by atoms with Gasteiger partial charge in [-0.05, 0) is 35.5 Å². The van der Waals surface area contributed by atoms with Crippen LogP contribution in [0, 0.1) is 5.41 Å². The lowest BCUT2D eigenvalue weighted by Gasteiger charge is -2.43. The van der Waals surface area contributed by atoms with Gasteiger partial charge in [-0.2, -0.15) is 0 Å². The van der Waals surface area contributed by atoms with Crippen LogP contribution in [-0.4, -0.2) is 57.3 Å². The van der Waals surface area contributed by atoms with Crippen LogP contribution in [0.25, 0.3) is 11.0 Å². The lowest BCUT2D eigenvalue weighted by Crippen LogP contribution is -2.49. The van der Waals surface area contributed by atoms with Crippen LogP contribution in [0.5, 0.6) is 5.75 Å². The Morgan fingerprint density at radius 3 is 2.34 bits per heavy atom. The first-order chi connectivity index (χ1) is 16.5. The molecular formula is C26H42N4O4Si. The van der Waals surface area contributed by atoms with Crippen molar-refractivity contribution in [1.29, 1.82) is 0 Å². The summed E-state index contributed by atoms with van der Waals surface area (Å²) in [5.74, 6) is 1.04. The molecule has 2 fully saturated rings. The number of rotatable bonds is 10. The van der Waals surface area contributed by atoms with Gasteiger partial charge in [0.25, 0.3) is 5.91 Å². The summed E-state index contributed by atoms with van der Waals surface area (Å²) in [5.41, 5.74) is 10.6. The Morgan fingerprint density at radius 1 is 1.14 bits per heavy atom. The van der Waals surface area contributed by atoms with Gasteiger partial charge in [0.15, 0.2) is 8.32 Å². The van der Waals surface area contributed by atoms with Gasteiger partial charge in [0.05, 0.1) is 30.4 Å². The highest BCUT2D eigenvalue weighted by Gasteiger charge is 2.50. The van der Waals surface area contributed by atoms with E-state index in [1.54, 1.807) is 12.0 Å². The normalized spacial score (nSPS) is 18.3. The smallest absolute Gasteiger partial charge is 0.253 e. The summed E-state index contributed by atoms with van der Waals surface area (Å²) in [6, 6.07) is 3.87. The maximum absolute atomic E-state index is 12.4. The monoisotopic (exact) mass is 502 g/mol. The van der Waals surface area contributed by atoms with Crippen molar-refractivity contribution in [3.05, 3.63) is 12.1 Å². The third kappa shape index (κ3) is 4.70. The Hall–Kier alpha value is -2.10. The molecule has 1 aliphatic carbocycles. The van der Waals surface area contributed by atoms with Crippen LogP contribution in [0.15, 0.2) is 12.1 Å². The molecule has 35 heavy (non-hydrogen) atoms. The number of nitrogens with two attached hydrogens (primary N) is 1. The number of fused-ring (bicyclic) bond motifs is 1. The van der Waals surface area contributed by atoms with Crippen molar-refractivity contribution in [2.45, 2.75) is 77.6 Å². The van der Waals surface area contributed by atoms with Gasteiger partial charge in [0.1, 0.15) is 12.4 Å². The zero-order valence-electron chi connectivity index (χ0n) is 22.4. The molecule has 1 aromatic heterocycles. The summed E-state index contributed by atoms with van der Waals surface area (Å²) in [5, 5.41) is 0. The molecular weight excluding hydrogens is 460 g/mol. The molecule has 2 aliphatic rings. The first kappa shape index (κ1) is 26.0. The van der Waals surface area contributed by atoms with Gasteiger partial charge in [0.2, 0.25) is 5.95 Å². The van der Waals surface area contributed by atoms with Crippen molar-refractivity contribution in [1.82, 2.24) is 9.55 Å².